The average molecular weight is 281 g/mol. The molecule has 1 aromatic heterocycles. The van der Waals surface area contributed by atoms with Crippen LogP contribution in [0.1, 0.15) is 23.2 Å². The molecule has 2 nitrogen and oxygen atoms in total. The van der Waals surface area contributed by atoms with Crippen molar-refractivity contribution in [3.63, 3.8) is 0 Å². The number of hydrogen-bond donors (Lipinski definition) is 0. The third kappa shape index (κ3) is 2.20. The molecule has 0 saturated heterocycles. The molecule has 0 unspecified atom stereocenters. The molecule has 0 radical (unpaired) electrons. The van der Waals surface area contributed by atoms with Gasteiger partial charge >= 0.3 is 0 Å². The lowest BCUT2D eigenvalue weighted by Crippen LogP contribution is -2.00. The molecule has 0 saturated carbocycles. The molecule has 0 fully saturated rings. The summed E-state index contributed by atoms with van der Waals surface area (Å²) in [5, 5.41) is 8.68. The monoisotopic (exact) mass is 280 g/mol. The van der Waals surface area contributed by atoms with Crippen LogP contribution < -0.4 is 0 Å². The number of hydrogen-bond acceptors (Lipinski definition) is 2. The zero-order valence-electron chi connectivity index (χ0n) is 6.77. The van der Waals surface area contributed by atoms with Crippen LogP contribution in [0.4, 0.5) is 8.78 Å². The summed E-state index contributed by atoms with van der Waals surface area (Å²) in [7, 11) is 0. The highest BCUT2D eigenvalue weighted by Gasteiger charge is 2.18. The molecule has 6 heteroatoms. The minimum absolute atomic E-state index is 0.0902. The third-order valence-electron chi connectivity index (χ3n) is 1.59. The molecule has 14 heavy (non-hydrogen) atoms. The first kappa shape index (κ1) is 11.3. The molecule has 0 aromatic carbocycles. The summed E-state index contributed by atoms with van der Waals surface area (Å²) in [6.07, 6.45) is -2.73. The molecule has 0 aliphatic heterocycles. The SMILES string of the molecule is N#Cc1cc(Br)nc(C(F)F)c1CCl. The highest BCUT2D eigenvalue weighted by Crippen LogP contribution is 2.27. The van der Waals surface area contributed by atoms with E-state index in [1.54, 1.807) is 6.07 Å². The van der Waals surface area contributed by atoms with E-state index in [0.717, 1.165) is 0 Å². The van der Waals surface area contributed by atoms with Crippen molar-refractivity contribution in [2.24, 2.45) is 0 Å². The summed E-state index contributed by atoms with van der Waals surface area (Å²) >= 11 is 8.42. The lowest BCUT2D eigenvalue weighted by molar-refractivity contribution is 0.145. The topological polar surface area (TPSA) is 36.7 Å². The fraction of sp³-hybridized carbons (Fsp3) is 0.250. The van der Waals surface area contributed by atoms with Crippen LogP contribution in [0.2, 0.25) is 0 Å². The fourth-order valence-corrected chi connectivity index (χ4v) is 1.68. The van der Waals surface area contributed by atoms with Gasteiger partial charge in [0.15, 0.2) is 0 Å². The first-order valence-electron chi connectivity index (χ1n) is 3.53. The zero-order valence-corrected chi connectivity index (χ0v) is 9.11. The van der Waals surface area contributed by atoms with Gasteiger partial charge in [-0.05, 0) is 22.0 Å². The molecule has 0 atom stereocenters. The van der Waals surface area contributed by atoms with Gasteiger partial charge in [0.2, 0.25) is 0 Å². The summed E-state index contributed by atoms with van der Waals surface area (Å²) in [6, 6.07) is 3.16. The van der Waals surface area contributed by atoms with E-state index in [2.05, 4.69) is 20.9 Å². The molecule has 0 aliphatic rings. The van der Waals surface area contributed by atoms with Gasteiger partial charge in [0.25, 0.3) is 6.43 Å². The zero-order chi connectivity index (χ0) is 10.7. The lowest BCUT2D eigenvalue weighted by Gasteiger charge is -2.07. The maximum absolute atomic E-state index is 12.5. The second kappa shape index (κ2) is 4.67. The van der Waals surface area contributed by atoms with Gasteiger partial charge in [-0.25, -0.2) is 13.8 Å². The molecular weight excluding hydrogens is 277 g/mol. The lowest BCUT2D eigenvalue weighted by atomic mass is 10.1. The maximum Gasteiger partial charge on any atom is 0.280 e. The minimum atomic E-state index is -2.73. The standard InChI is InChI=1S/C8H4BrClF2N2/c9-6-1-4(3-13)5(2-10)7(14-6)8(11)12/h1,8H,2H2. The first-order chi connectivity index (χ1) is 6.60. The minimum Gasteiger partial charge on any atom is -0.240 e. The molecule has 1 aromatic rings. The molecular formula is C8H4BrClF2N2. The molecule has 74 valence electrons. The molecule has 0 N–H and O–H groups in total. The third-order valence-corrected chi connectivity index (χ3v) is 2.26. The van der Waals surface area contributed by atoms with Crippen molar-refractivity contribution in [2.75, 3.05) is 0 Å². The smallest absolute Gasteiger partial charge is 0.240 e. The van der Waals surface area contributed by atoms with Crippen molar-refractivity contribution < 1.29 is 8.78 Å². The van der Waals surface area contributed by atoms with Crippen LogP contribution in [-0.2, 0) is 5.88 Å². The summed E-state index contributed by atoms with van der Waals surface area (Å²) in [6.45, 7) is 0. The van der Waals surface area contributed by atoms with E-state index in [-0.39, 0.29) is 21.6 Å². The molecule has 0 spiro atoms. The van der Waals surface area contributed by atoms with E-state index >= 15 is 0 Å². The van der Waals surface area contributed by atoms with Crippen LogP contribution in [0.3, 0.4) is 0 Å². The Labute approximate surface area is 92.6 Å². The van der Waals surface area contributed by atoms with Crippen molar-refractivity contribution in [1.82, 2.24) is 4.98 Å². The van der Waals surface area contributed by atoms with Crippen molar-refractivity contribution >= 4 is 27.5 Å². The highest BCUT2D eigenvalue weighted by molar-refractivity contribution is 9.10. The Balaban J connectivity index is 3.41. The Hall–Kier alpha value is -0.730. The van der Waals surface area contributed by atoms with Gasteiger partial charge in [-0.15, -0.1) is 11.6 Å². The number of aromatic nitrogens is 1. The highest BCUT2D eigenvalue weighted by atomic mass is 79.9. The first-order valence-corrected chi connectivity index (χ1v) is 4.86. The van der Waals surface area contributed by atoms with Crippen molar-refractivity contribution in [2.45, 2.75) is 12.3 Å². The van der Waals surface area contributed by atoms with E-state index in [1.807, 2.05) is 0 Å². The second-order valence-electron chi connectivity index (χ2n) is 2.40. The van der Waals surface area contributed by atoms with Gasteiger partial charge in [0.1, 0.15) is 10.3 Å². The van der Waals surface area contributed by atoms with Crippen LogP contribution in [0.5, 0.6) is 0 Å². The van der Waals surface area contributed by atoms with E-state index < -0.39 is 12.1 Å². The van der Waals surface area contributed by atoms with Crippen LogP contribution in [0, 0.1) is 11.3 Å². The van der Waals surface area contributed by atoms with Crippen molar-refractivity contribution in [1.29, 1.82) is 5.26 Å². The molecule has 0 bridgehead atoms. The summed E-state index contributed by atoms with van der Waals surface area (Å²) in [5.41, 5.74) is -0.226. The van der Waals surface area contributed by atoms with Crippen molar-refractivity contribution in [3.05, 3.63) is 27.5 Å². The van der Waals surface area contributed by atoms with E-state index in [9.17, 15) is 8.78 Å². The number of nitrogens with zero attached hydrogens (tertiary/aromatic N) is 2. The predicted octanol–water partition coefficient (Wildman–Crippen LogP) is 3.39. The van der Waals surface area contributed by atoms with Gasteiger partial charge in [-0.2, -0.15) is 5.26 Å². The normalized spacial score (nSPS) is 10.3. The Kier molecular flexibility index (Phi) is 3.78. The van der Waals surface area contributed by atoms with Gasteiger partial charge in [0.05, 0.1) is 17.5 Å². The Bertz CT molecular complexity index is 390. The van der Waals surface area contributed by atoms with E-state index in [1.165, 1.54) is 6.07 Å². The largest absolute Gasteiger partial charge is 0.280 e. The second-order valence-corrected chi connectivity index (χ2v) is 3.48. The van der Waals surface area contributed by atoms with E-state index in [4.69, 9.17) is 16.9 Å². The Morgan fingerprint density at radius 3 is 2.71 bits per heavy atom. The number of pyridine rings is 1. The fourth-order valence-electron chi connectivity index (χ4n) is 0.980. The number of rotatable bonds is 2. The predicted molar refractivity (Wildman–Crippen MR) is 51.2 cm³/mol. The molecule has 0 amide bonds. The molecule has 1 heterocycles. The Morgan fingerprint density at radius 1 is 1.64 bits per heavy atom. The number of alkyl halides is 3. The van der Waals surface area contributed by atoms with Gasteiger partial charge < -0.3 is 0 Å². The number of halogens is 4. The van der Waals surface area contributed by atoms with Crippen LogP contribution in [-0.4, -0.2) is 4.98 Å². The van der Waals surface area contributed by atoms with Gasteiger partial charge in [0, 0.05) is 5.56 Å². The molecule has 0 aliphatic carbocycles. The van der Waals surface area contributed by atoms with Crippen molar-refractivity contribution in [3.8, 4) is 6.07 Å². The van der Waals surface area contributed by atoms with Crippen LogP contribution >= 0.6 is 27.5 Å². The average Bonchev–Trinajstić information content (AvgIpc) is 2.16. The summed E-state index contributed by atoms with van der Waals surface area (Å²) < 4.78 is 25.1. The van der Waals surface area contributed by atoms with Crippen LogP contribution in [0.25, 0.3) is 0 Å². The van der Waals surface area contributed by atoms with Gasteiger partial charge in [-0.1, -0.05) is 0 Å². The van der Waals surface area contributed by atoms with Crippen LogP contribution in [0.15, 0.2) is 10.7 Å². The summed E-state index contributed by atoms with van der Waals surface area (Å²) in [4.78, 5) is 3.58. The molecule has 1 rings (SSSR count). The maximum atomic E-state index is 12.5. The number of nitriles is 1. The quantitative estimate of drug-likeness (QED) is 0.615. The van der Waals surface area contributed by atoms with Gasteiger partial charge in [-0.3, -0.25) is 0 Å². The summed E-state index contributed by atoms with van der Waals surface area (Å²) in [5.74, 6) is -0.150. The Morgan fingerprint density at radius 2 is 2.29 bits per heavy atom. The van der Waals surface area contributed by atoms with E-state index in [0.29, 0.717) is 0 Å².